The van der Waals surface area contributed by atoms with Gasteiger partial charge in [-0.1, -0.05) is 35.2 Å². The molecule has 0 saturated heterocycles. The first-order chi connectivity index (χ1) is 15.6. The van der Waals surface area contributed by atoms with Gasteiger partial charge in [-0.05, 0) is 48.9 Å². The summed E-state index contributed by atoms with van der Waals surface area (Å²) in [6, 6.07) is 17.1. The van der Waals surface area contributed by atoms with Crippen molar-refractivity contribution in [2.45, 2.75) is 17.0 Å². The largest absolute Gasteiger partial charge is 0.494 e. The van der Waals surface area contributed by atoms with Gasteiger partial charge in [0.05, 0.1) is 18.2 Å². The number of benzene rings is 2. The molecule has 1 N–H and O–H groups in total. The lowest BCUT2D eigenvalue weighted by molar-refractivity contribution is 0.102. The summed E-state index contributed by atoms with van der Waals surface area (Å²) in [5.41, 5.74) is 2.97. The molecule has 0 spiro atoms. The Bertz CT molecular complexity index is 1240. The van der Waals surface area contributed by atoms with Gasteiger partial charge in [-0.3, -0.25) is 10.1 Å². The molecular formula is C22H17N5O2S3. The third kappa shape index (κ3) is 5.50. The van der Waals surface area contributed by atoms with Crippen LogP contribution >= 0.6 is 34.4 Å². The number of thiazole rings is 1. The zero-order valence-corrected chi connectivity index (χ0v) is 19.4. The first-order valence-corrected chi connectivity index (χ1v) is 12.3. The summed E-state index contributed by atoms with van der Waals surface area (Å²) in [7, 11) is 0. The van der Waals surface area contributed by atoms with Crippen LogP contribution in [0.1, 0.15) is 28.5 Å². The van der Waals surface area contributed by atoms with Crippen LogP contribution in [-0.4, -0.2) is 27.7 Å². The van der Waals surface area contributed by atoms with Crippen LogP contribution in [0, 0.1) is 11.3 Å². The van der Waals surface area contributed by atoms with Crippen LogP contribution in [0.4, 0.5) is 5.13 Å². The highest BCUT2D eigenvalue weighted by Gasteiger charge is 2.15. The van der Waals surface area contributed by atoms with E-state index in [1.54, 1.807) is 17.5 Å². The lowest BCUT2D eigenvalue weighted by Crippen LogP contribution is -2.12. The Morgan fingerprint density at radius 1 is 1.16 bits per heavy atom. The van der Waals surface area contributed by atoms with Gasteiger partial charge in [-0.25, -0.2) is 4.98 Å². The maximum Gasteiger partial charge on any atom is 0.276 e. The Hall–Kier alpha value is -3.26. The summed E-state index contributed by atoms with van der Waals surface area (Å²) >= 11 is 4.24. The second-order valence-corrected chi connectivity index (χ2v) is 9.48. The number of nitriles is 1. The van der Waals surface area contributed by atoms with Crippen molar-refractivity contribution in [3.8, 4) is 22.4 Å². The molecule has 4 rings (SSSR count). The van der Waals surface area contributed by atoms with E-state index in [1.807, 2.05) is 43.3 Å². The number of ether oxygens (including phenoxy) is 1. The molecule has 0 fully saturated rings. The molecule has 10 heteroatoms. The van der Waals surface area contributed by atoms with Gasteiger partial charge in [-0.2, -0.15) is 5.26 Å². The zero-order valence-electron chi connectivity index (χ0n) is 16.9. The predicted molar refractivity (Wildman–Crippen MR) is 127 cm³/mol. The molecule has 0 unspecified atom stereocenters. The summed E-state index contributed by atoms with van der Waals surface area (Å²) in [4.78, 5) is 17.0. The molecule has 0 aliphatic heterocycles. The number of aromatic nitrogens is 3. The van der Waals surface area contributed by atoms with Gasteiger partial charge in [0, 0.05) is 16.7 Å². The molecule has 2 aromatic carbocycles. The topological polar surface area (TPSA) is 101 Å². The molecule has 2 heterocycles. The summed E-state index contributed by atoms with van der Waals surface area (Å²) in [6.07, 6.45) is 0. The number of hydrogen-bond donors (Lipinski definition) is 1. The molecule has 0 aliphatic rings. The van der Waals surface area contributed by atoms with Crippen LogP contribution in [0.2, 0.25) is 0 Å². The quantitative estimate of drug-likeness (QED) is 0.264. The SMILES string of the molecule is CCOc1ccc(-c2nc(C(=O)Nc3nnc(SCc4ccc(C#N)cc4)s3)cs2)cc1. The van der Waals surface area contributed by atoms with E-state index in [4.69, 9.17) is 10.00 Å². The van der Waals surface area contributed by atoms with Crippen LogP contribution in [0.25, 0.3) is 10.6 Å². The van der Waals surface area contributed by atoms with Gasteiger partial charge < -0.3 is 4.74 Å². The van der Waals surface area contributed by atoms with Gasteiger partial charge in [-0.15, -0.1) is 21.5 Å². The fraction of sp³-hybridized carbons (Fsp3) is 0.136. The molecule has 7 nitrogen and oxygen atoms in total. The van der Waals surface area contributed by atoms with Crippen molar-refractivity contribution >= 4 is 45.5 Å². The Kier molecular flexibility index (Phi) is 7.11. The Morgan fingerprint density at radius 2 is 1.94 bits per heavy atom. The third-order valence-corrected chi connectivity index (χ3v) is 7.16. The van der Waals surface area contributed by atoms with Gasteiger partial charge in [0.15, 0.2) is 4.34 Å². The van der Waals surface area contributed by atoms with Gasteiger partial charge >= 0.3 is 0 Å². The number of carbonyl (C=O) groups excluding carboxylic acids is 1. The maximum atomic E-state index is 12.6. The molecule has 0 saturated carbocycles. The minimum Gasteiger partial charge on any atom is -0.494 e. The van der Waals surface area contributed by atoms with E-state index in [9.17, 15) is 4.79 Å². The van der Waals surface area contributed by atoms with Crippen LogP contribution < -0.4 is 10.1 Å². The van der Waals surface area contributed by atoms with Crippen LogP contribution in [-0.2, 0) is 5.75 Å². The molecular weight excluding hydrogens is 462 g/mol. The summed E-state index contributed by atoms with van der Waals surface area (Å²) in [6.45, 7) is 2.55. The smallest absolute Gasteiger partial charge is 0.276 e. The number of thioether (sulfide) groups is 1. The number of nitrogens with one attached hydrogen (secondary N) is 1. The Morgan fingerprint density at radius 3 is 2.66 bits per heavy atom. The van der Waals surface area contributed by atoms with E-state index >= 15 is 0 Å². The predicted octanol–water partition coefficient (Wildman–Crippen LogP) is 5.48. The highest BCUT2D eigenvalue weighted by Crippen LogP contribution is 2.29. The van der Waals surface area contributed by atoms with E-state index < -0.39 is 0 Å². The molecule has 4 aromatic rings. The Balaban J connectivity index is 1.34. The van der Waals surface area contributed by atoms with Gasteiger partial charge in [0.1, 0.15) is 16.5 Å². The van der Waals surface area contributed by atoms with E-state index in [1.165, 1.54) is 34.4 Å². The van der Waals surface area contributed by atoms with E-state index in [0.717, 1.165) is 26.2 Å². The second kappa shape index (κ2) is 10.4. The monoisotopic (exact) mass is 479 g/mol. The number of amides is 1. The molecule has 0 atom stereocenters. The van der Waals surface area contributed by atoms with Gasteiger partial charge in [0.2, 0.25) is 5.13 Å². The highest BCUT2D eigenvalue weighted by molar-refractivity contribution is 8.00. The second-order valence-electron chi connectivity index (χ2n) is 6.42. The van der Waals surface area contributed by atoms with E-state index in [2.05, 4.69) is 26.6 Å². The Labute approximate surface area is 197 Å². The summed E-state index contributed by atoms with van der Waals surface area (Å²) in [5, 5.41) is 22.7. The number of nitrogens with zero attached hydrogens (tertiary/aromatic N) is 4. The van der Waals surface area contributed by atoms with Crippen molar-refractivity contribution < 1.29 is 9.53 Å². The van der Waals surface area contributed by atoms with Crippen molar-refractivity contribution in [3.63, 3.8) is 0 Å². The number of rotatable bonds is 8. The zero-order chi connectivity index (χ0) is 22.3. The fourth-order valence-electron chi connectivity index (χ4n) is 2.67. The normalized spacial score (nSPS) is 10.5. The van der Waals surface area contributed by atoms with Crippen molar-refractivity contribution in [1.82, 2.24) is 15.2 Å². The first kappa shape index (κ1) is 22.0. The summed E-state index contributed by atoms with van der Waals surface area (Å²) < 4.78 is 6.20. The maximum absolute atomic E-state index is 12.6. The van der Waals surface area contributed by atoms with Crippen LogP contribution in [0.3, 0.4) is 0 Å². The van der Waals surface area contributed by atoms with Gasteiger partial charge in [0.25, 0.3) is 5.91 Å². The van der Waals surface area contributed by atoms with Crippen molar-refractivity contribution in [3.05, 3.63) is 70.7 Å². The minimum absolute atomic E-state index is 0.321. The fourth-order valence-corrected chi connectivity index (χ4v) is 5.18. The summed E-state index contributed by atoms with van der Waals surface area (Å²) in [5.74, 6) is 1.18. The third-order valence-electron chi connectivity index (χ3n) is 4.22. The molecule has 0 radical (unpaired) electrons. The molecule has 160 valence electrons. The number of anilines is 1. The lowest BCUT2D eigenvalue weighted by Gasteiger charge is -2.03. The molecule has 32 heavy (non-hydrogen) atoms. The first-order valence-electron chi connectivity index (χ1n) is 9.60. The average molecular weight is 480 g/mol. The average Bonchev–Trinajstić information content (AvgIpc) is 3.49. The van der Waals surface area contributed by atoms with Crippen molar-refractivity contribution in [1.29, 1.82) is 5.26 Å². The van der Waals surface area contributed by atoms with Crippen molar-refractivity contribution in [2.75, 3.05) is 11.9 Å². The highest BCUT2D eigenvalue weighted by atomic mass is 32.2. The van der Waals surface area contributed by atoms with E-state index in [-0.39, 0.29) is 5.91 Å². The molecule has 2 aromatic heterocycles. The molecule has 0 bridgehead atoms. The van der Waals surface area contributed by atoms with Crippen LogP contribution in [0.5, 0.6) is 5.75 Å². The van der Waals surface area contributed by atoms with Crippen molar-refractivity contribution in [2.24, 2.45) is 0 Å². The molecule has 1 amide bonds. The number of carbonyl (C=O) groups is 1. The van der Waals surface area contributed by atoms with E-state index in [0.29, 0.717) is 28.7 Å². The molecule has 0 aliphatic carbocycles. The van der Waals surface area contributed by atoms with Crippen LogP contribution in [0.15, 0.2) is 58.3 Å². The minimum atomic E-state index is -0.321. The lowest BCUT2D eigenvalue weighted by atomic mass is 10.2. The number of hydrogen-bond acceptors (Lipinski definition) is 9. The standard InChI is InChI=1S/C22H17N5O2S3/c1-2-29-17-9-7-16(8-10-17)20-24-18(13-30-20)19(28)25-21-26-27-22(32-21)31-12-15-5-3-14(11-23)4-6-15/h3-10,13H,2,12H2,1H3,(H,25,26,28).